The van der Waals surface area contributed by atoms with Crippen molar-refractivity contribution >= 4 is 22.8 Å². The van der Waals surface area contributed by atoms with Gasteiger partial charge in [-0.2, -0.15) is 15.0 Å². The summed E-state index contributed by atoms with van der Waals surface area (Å²) in [7, 11) is 0. The van der Waals surface area contributed by atoms with Gasteiger partial charge in [-0.1, -0.05) is 5.16 Å². The molecular formula is C25H26N8O3. The quantitative estimate of drug-likeness (QED) is 0.358. The third kappa shape index (κ3) is 4.70. The first-order chi connectivity index (χ1) is 17.4. The number of anilines is 1. The molecule has 184 valence electrons. The number of rotatable bonds is 6. The molecule has 4 aromatic rings. The molecule has 1 aliphatic rings. The highest BCUT2D eigenvalue weighted by Crippen LogP contribution is 2.36. The highest BCUT2D eigenvalue weighted by molar-refractivity contribution is 5.79. The van der Waals surface area contributed by atoms with Crippen LogP contribution >= 0.6 is 0 Å². The lowest BCUT2D eigenvalue weighted by Crippen LogP contribution is -2.36. The van der Waals surface area contributed by atoms with E-state index in [9.17, 15) is 4.79 Å². The van der Waals surface area contributed by atoms with Gasteiger partial charge in [-0.25, -0.2) is 14.8 Å². The van der Waals surface area contributed by atoms with E-state index in [0.29, 0.717) is 22.8 Å². The maximum absolute atomic E-state index is 10.9. The second-order valence-electron chi connectivity index (χ2n) is 9.31. The van der Waals surface area contributed by atoms with Crippen LogP contribution in [0.5, 0.6) is 0 Å². The Kier molecular flexibility index (Phi) is 6.25. The molecule has 0 aromatic carbocycles. The fourth-order valence-electron chi connectivity index (χ4n) is 4.65. The van der Waals surface area contributed by atoms with Crippen LogP contribution in [0.1, 0.15) is 56.7 Å². The van der Waals surface area contributed by atoms with Crippen molar-refractivity contribution < 1.29 is 14.4 Å². The summed E-state index contributed by atoms with van der Waals surface area (Å²) in [6.07, 6.45) is 7.18. The van der Waals surface area contributed by atoms with Crippen LogP contribution in [0.25, 0.3) is 28.2 Å². The summed E-state index contributed by atoms with van der Waals surface area (Å²) in [6, 6.07) is 7.83. The van der Waals surface area contributed by atoms with Gasteiger partial charge in [0.25, 0.3) is 0 Å². The minimum Gasteiger partial charge on any atom is -0.465 e. The molecule has 0 spiro atoms. The van der Waals surface area contributed by atoms with E-state index in [1.54, 1.807) is 23.1 Å². The third-order valence-electron chi connectivity index (χ3n) is 6.35. The van der Waals surface area contributed by atoms with Crippen molar-refractivity contribution in [3.63, 3.8) is 0 Å². The van der Waals surface area contributed by atoms with Crippen molar-refractivity contribution in [2.75, 3.05) is 5.32 Å². The Hall–Kier alpha value is -4.46. The van der Waals surface area contributed by atoms with Crippen LogP contribution in [-0.4, -0.2) is 48.2 Å². The van der Waals surface area contributed by atoms with Gasteiger partial charge in [0.1, 0.15) is 6.07 Å². The van der Waals surface area contributed by atoms with Crippen LogP contribution in [-0.2, 0) is 0 Å². The van der Waals surface area contributed by atoms with Gasteiger partial charge in [0.05, 0.1) is 28.7 Å². The lowest BCUT2D eigenvalue weighted by molar-refractivity contribution is 0.184. The topological polar surface area (TPSA) is 155 Å². The number of amides is 1. The Labute approximate surface area is 207 Å². The van der Waals surface area contributed by atoms with E-state index < -0.39 is 6.09 Å². The average molecular weight is 487 g/mol. The first-order valence-electron chi connectivity index (χ1n) is 11.9. The zero-order valence-electron chi connectivity index (χ0n) is 20.0. The van der Waals surface area contributed by atoms with E-state index in [2.05, 4.69) is 36.9 Å². The number of nitrogens with one attached hydrogen (secondary N) is 2. The third-order valence-corrected chi connectivity index (χ3v) is 6.35. The molecule has 11 nitrogen and oxygen atoms in total. The average Bonchev–Trinajstić information content (AvgIpc) is 3.51. The molecule has 1 fully saturated rings. The van der Waals surface area contributed by atoms with Gasteiger partial charge in [-0.3, -0.25) is 0 Å². The molecule has 1 saturated carbocycles. The summed E-state index contributed by atoms with van der Waals surface area (Å²) < 4.78 is 7.38. The molecule has 1 aliphatic carbocycles. The predicted molar refractivity (Wildman–Crippen MR) is 132 cm³/mol. The molecule has 0 bridgehead atoms. The monoisotopic (exact) mass is 486 g/mol. The van der Waals surface area contributed by atoms with Crippen LogP contribution in [0.15, 0.2) is 41.3 Å². The van der Waals surface area contributed by atoms with Crippen molar-refractivity contribution in [2.24, 2.45) is 0 Å². The van der Waals surface area contributed by atoms with E-state index >= 15 is 0 Å². The van der Waals surface area contributed by atoms with E-state index in [4.69, 9.17) is 14.9 Å². The van der Waals surface area contributed by atoms with Gasteiger partial charge in [-0.15, -0.1) is 0 Å². The maximum atomic E-state index is 10.9. The van der Waals surface area contributed by atoms with Crippen LogP contribution in [0.3, 0.4) is 0 Å². The molecule has 1 amide bonds. The Morgan fingerprint density at radius 3 is 2.69 bits per heavy atom. The standard InChI is InChI=1S/C25H26N8O3/c1-14(2)30-21-9-23(33-24-17(12-29-33)7-15(10-26)11-28-24)27-13-19(21)22-8-20(32-36-22)16-3-5-18(6-4-16)31-25(34)35/h7-9,11-14,16,18,31H,3-6H2,1-2H3,(H,27,30)(H,34,35). The number of pyridine rings is 2. The van der Waals surface area contributed by atoms with Crippen molar-refractivity contribution in [3.05, 3.63) is 48.0 Å². The summed E-state index contributed by atoms with van der Waals surface area (Å²) in [5.74, 6) is 1.42. The largest absolute Gasteiger partial charge is 0.465 e. The fraction of sp³-hybridized carbons (Fsp3) is 0.360. The van der Waals surface area contributed by atoms with Crippen LogP contribution < -0.4 is 10.6 Å². The Morgan fingerprint density at radius 1 is 1.17 bits per heavy atom. The lowest BCUT2D eigenvalue weighted by Gasteiger charge is -2.26. The van der Waals surface area contributed by atoms with E-state index in [-0.39, 0.29) is 18.0 Å². The van der Waals surface area contributed by atoms with Crippen molar-refractivity contribution in [1.29, 1.82) is 5.26 Å². The Balaban J connectivity index is 1.42. The predicted octanol–water partition coefficient (Wildman–Crippen LogP) is 4.46. The highest BCUT2D eigenvalue weighted by atomic mass is 16.5. The molecule has 0 unspecified atom stereocenters. The SMILES string of the molecule is CC(C)Nc1cc(-n2ncc3cc(C#N)cnc32)ncc1-c1cc(C2CCC(NC(=O)O)CC2)no1. The van der Waals surface area contributed by atoms with Crippen LogP contribution in [0.2, 0.25) is 0 Å². The van der Waals surface area contributed by atoms with Gasteiger partial charge in [0.15, 0.2) is 17.2 Å². The highest BCUT2D eigenvalue weighted by Gasteiger charge is 2.26. The number of hydrogen-bond donors (Lipinski definition) is 3. The van der Waals surface area contributed by atoms with E-state index in [1.165, 1.54) is 6.20 Å². The minimum atomic E-state index is -0.978. The molecule has 3 N–H and O–H groups in total. The van der Waals surface area contributed by atoms with Gasteiger partial charge < -0.3 is 20.3 Å². The van der Waals surface area contributed by atoms with Gasteiger partial charge in [0, 0.05) is 47.9 Å². The number of carbonyl (C=O) groups is 1. The van der Waals surface area contributed by atoms with Gasteiger partial charge in [0.2, 0.25) is 0 Å². The zero-order chi connectivity index (χ0) is 25.2. The molecular weight excluding hydrogens is 460 g/mol. The summed E-state index contributed by atoms with van der Waals surface area (Å²) in [5, 5.41) is 33.6. The van der Waals surface area contributed by atoms with Crippen LogP contribution in [0.4, 0.5) is 10.5 Å². The molecule has 0 atom stereocenters. The number of fused-ring (bicyclic) bond motifs is 1. The molecule has 4 aromatic heterocycles. The molecule has 4 heterocycles. The smallest absolute Gasteiger partial charge is 0.404 e. The first kappa shape index (κ1) is 23.3. The molecule has 5 rings (SSSR count). The molecule has 11 heteroatoms. The summed E-state index contributed by atoms with van der Waals surface area (Å²) in [5.41, 5.74) is 3.56. The van der Waals surface area contributed by atoms with Gasteiger partial charge >= 0.3 is 6.09 Å². The number of nitrogens with zero attached hydrogens (tertiary/aromatic N) is 6. The number of aromatic nitrogens is 5. The summed E-state index contributed by atoms with van der Waals surface area (Å²) in [6.45, 7) is 4.10. The number of hydrogen-bond acceptors (Lipinski definition) is 8. The Morgan fingerprint density at radius 2 is 1.97 bits per heavy atom. The second kappa shape index (κ2) is 9.65. The summed E-state index contributed by atoms with van der Waals surface area (Å²) in [4.78, 5) is 19.9. The number of nitriles is 1. The summed E-state index contributed by atoms with van der Waals surface area (Å²) >= 11 is 0. The zero-order valence-corrected chi connectivity index (χ0v) is 20.0. The minimum absolute atomic E-state index is 0.0110. The van der Waals surface area contributed by atoms with E-state index in [0.717, 1.165) is 48.0 Å². The van der Waals surface area contributed by atoms with E-state index in [1.807, 2.05) is 26.0 Å². The van der Waals surface area contributed by atoms with Crippen molar-refractivity contribution in [3.8, 4) is 23.2 Å². The Bertz CT molecular complexity index is 1440. The fourth-order valence-corrected chi connectivity index (χ4v) is 4.65. The number of carboxylic acid groups (broad SMARTS) is 1. The first-order valence-corrected chi connectivity index (χ1v) is 11.9. The van der Waals surface area contributed by atoms with Gasteiger partial charge in [-0.05, 0) is 45.6 Å². The normalized spacial score (nSPS) is 17.7. The molecule has 36 heavy (non-hydrogen) atoms. The molecule has 0 aliphatic heterocycles. The van der Waals surface area contributed by atoms with Crippen molar-refractivity contribution in [1.82, 2.24) is 30.2 Å². The molecule has 0 saturated heterocycles. The maximum Gasteiger partial charge on any atom is 0.404 e. The molecule has 0 radical (unpaired) electrons. The second-order valence-corrected chi connectivity index (χ2v) is 9.31. The van der Waals surface area contributed by atoms with Crippen molar-refractivity contribution in [2.45, 2.75) is 57.5 Å². The lowest BCUT2D eigenvalue weighted by atomic mass is 9.84. The van der Waals surface area contributed by atoms with Crippen LogP contribution in [0, 0.1) is 11.3 Å².